The van der Waals surface area contributed by atoms with E-state index in [0.29, 0.717) is 0 Å². The molecule has 0 aromatic rings. The molecule has 0 saturated heterocycles. The number of hydrogen-bond acceptors (Lipinski definition) is 1. The van der Waals surface area contributed by atoms with Crippen LogP contribution in [0.25, 0.3) is 0 Å². The second-order valence-electron chi connectivity index (χ2n) is 6.00. The van der Waals surface area contributed by atoms with E-state index in [2.05, 4.69) is 12.2 Å². The third-order valence-corrected chi connectivity index (χ3v) is 5.04. The summed E-state index contributed by atoms with van der Waals surface area (Å²) < 4.78 is 0. The molecule has 1 N–H and O–H groups in total. The van der Waals surface area contributed by atoms with E-state index in [4.69, 9.17) is 0 Å². The molecule has 0 radical (unpaired) electrons. The van der Waals surface area contributed by atoms with Crippen molar-refractivity contribution in [2.75, 3.05) is 0 Å². The second-order valence-corrected chi connectivity index (χ2v) is 6.00. The van der Waals surface area contributed by atoms with E-state index in [9.17, 15) is 0 Å². The standard InChI is InChI=1S/C13H23N/c1-10-9-11(10)14-12-5-8-13(12)6-3-2-4-7-13/h10-12,14H,2-9H2,1H3. The van der Waals surface area contributed by atoms with Crippen LogP contribution >= 0.6 is 0 Å². The first-order valence-corrected chi connectivity index (χ1v) is 6.56. The largest absolute Gasteiger partial charge is 0.310 e. The molecule has 3 atom stereocenters. The van der Waals surface area contributed by atoms with Crippen LogP contribution in [-0.4, -0.2) is 12.1 Å². The van der Waals surface area contributed by atoms with Crippen molar-refractivity contribution in [1.29, 1.82) is 0 Å². The van der Waals surface area contributed by atoms with Crippen molar-refractivity contribution in [3.8, 4) is 0 Å². The van der Waals surface area contributed by atoms with Crippen LogP contribution in [0.4, 0.5) is 0 Å². The van der Waals surface area contributed by atoms with E-state index >= 15 is 0 Å². The average molecular weight is 193 g/mol. The Kier molecular flexibility index (Phi) is 2.12. The molecule has 14 heavy (non-hydrogen) atoms. The maximum atomic E-state index is 3.90. The Morgan fingerprint density at radius 1 is 1.07 bits per heavy atom. The fourth-order valence-corrected chi connectivity index (χ4v) is 3.62. The Hall–Kier alpha value is -0.0400. The Bertz CT molecular complexity index is 217. The molecule has 80 valence electrons. The lowest BCUT2D eigenvalue weighted by molar-refractivity contribution is 0.0214. The molecular weight excluding hydrogens is 170 g/mol. The number of hydrogen-bond donors (Lipinski definition) is 1. The fraction of sp³-hybridized carbons (Fsp3) is 1.00. The predicted octanol–water partition coefficient (Wildman–Crippen LogP) is 3.10. The molecule has 0 bridgehead atoms. The zero-order valence-electron chi connectivity index (χ0n) is 9.39. The van der Waals surface area contributed by atoms with Crippen LogP contribution in [0.3, 0.4) is 0 Å². The van der Waals surface area contributed by atoms with Gasteiger partial charge in [-0.1, -0.05) is 26.2 Å². The van der Waals surface area contributed by atoms with Gasteiger partial charge >= 0.3 is 0 Å². The zero-order valence-corrected chi connectivity index (χ0v) is 9.39. The van der Waals surface area contributed by atoms with E-state index < -0.39 is 0 Å². The number of nitrogens with one attached hydrogen (secondary N) is 1. The topological polar surface area (TPSA) is 12.0 Å². The van der Waals surface area contributed by atoms with Crippen LogP contribution in [0.5, 0.6) is 0 Å². The van der Waals surface area contributed by atoms with E-state index in [1.54, 1.807) is 0 Å². The summed E-state index contributed by atoms with van der Waals surface area (Å²) in [6.45, 7) is 2.38. The zero-order chi connectivity index (χ0) is 9.60. The third-order valence-electron chi connectivity index (χ3n) is 5.04. The molecule has 1 heteroatoms. The normalized spacial score (nSPS) is 44.8. The first-order valence-electron chi connectivity index (χ1n) is 6.56. The number of rotatable bonds is 2. The molecule has 1 spiro atoms. The van der Waals surface area contributed by atoms with Crippen molar-refractivity contribution in [2.24, 2.45) is 11.3 Å². The summed E-state index contributed by atoms with van der Waals surface area (Å²) in [6.07, 6.45) is 11.9. The van der Waals surface area contributed by atoms with Crippen LogP contribution < -0.4 is 5.32 Å². The molecule has 0 heterocycles. The maximum Gasteiger partial charge on any atom is 0.0126 e. The van der Waals surface area contributed by atoms with Gasteiger partial charge in [0, 0.05) is 12.1 Å². The minimum absolute atomic E-state index is 0.764. The van der Waals surface area contributed by atoms with Crippen molar-refractivity contribution in [3.05, 3.63) is 0 Å². The Labute approximate surface area is 87.7 Å². The van der Waals surface area contributed by atoms with Crippen molar-refractivity contribution in [2.45, 2.75) is 70.4 Å². The molecule has 0 aromatic carbocycles. The lowest BCUT2D eigenvalue weighted by Gasteiger charge is -2.53. The van der Waals surface area contributed by atoms with Gasteiger partial charge in [0.1, 0.15) is 0 Å². The van der Waals surface area contributed by atoms with Gasteiger partial charge < -0.3 is 5.32 Å². The first kappa shape index (κ1) is 9.21. The summed E-state index contributed by atoms with van der Waals surface area (Å²) in [5.74, 6) is 0.969. The van der Waals surface area contributed by atoms with Crippen LogP contribution in [0.15, 0.2) is 0 Å². The molecule has 3 aliphatic carbocycles. The molecule has 3 unspecified atom stereocenters. The van der Waals surface area contributed by atoms with E-state index in [1.807, 2.05) is 0 Å². The van der Waals surface area contributed by atoms with Crippen LogP contribution in [0.1, 0.15) is 58.3 Å². The fourth-order valence-electron chi connectivity index (χ4n) is 3.62. The molecule has 3 fully saturated rings. The van der Waals surface area contributed by atoms with Gasteiger partial charge in [-0.25, -0.2) is 0 Å². The van der Waals surface area contributed by atoms with Gasteiger partial charge in [0.05, 0.1) is 0 Å². The highest BCUT2D eigenvalue weighted by Crippen LogP contribution is 2.52. The molecule has 0 amide bonds. The van der Waals surface area contributed by atoms with Gasteiger partial charge in [0.15, 0.2) is 0 Å². The summed E-state index contributed by atoms with van der Waals surface area (Å²) in [5.41, 5.74) is 0.764. The molecule has 3 rings (SSSR count). The van der Waals surface area contributed by atoms with Gasteiger partial charge in [-0.2, -0.15) is 0 Å². The third kappa shape index (κ3) is 1.41. The van der Waals surface area contributed by atoms with Crippen LogP contribution in [0, 0.1) is 11.3 Å². The highest BCUT2D eigenvalue weighted by molar-refractivity contribution is 5.05. The minimum atomic E-state index is 0.764. The van der Waals surface area contributed by atoms with Crippen molar-refractivity contribution >= 4 is 0 Å². The molecule has 3 saturated carbocycles. The Morgan fingerprint density at radius 2 is 1.79 bits per heavy atom. The lowest BCUT2D eigenvalue weighted by atomic mass is 9.57. The summed E-state index contributed by atoms with van der Waals surface area (Å²) >= 11 is 0. The Balaban J connectivity index is 1.58. The smallest absolute Gasteiger partial charge is 0.0126 e. The summed E-state index contributed by atoms with van der Waals surface area (Å²) in [6, 6.07) is 1.79. The van der Waals surface area contributed by atoms with Crippen molar-refractivity contribution < 1.29 is 0 Å². The van der Waals surface area contributed by atoms with Gasteiger partial charge in [-0.05, 0) is 43.4 Å². The predicted molar refractivity (Wildman–Crippen MR) is 59.2 cm³/mol. The summed E-state index contributed by atoms with van der Waals surface area (Å²) in [7, 11) is 0. The van der Waals surface area contributed by atoms with E-state index in [0.717, 1.165) is 23.4 Å². The SMILES string of the molecule is CC1CC1NC1CCC12CCCCC2. The lowest BCUT2D eigenvalue weighted by Crippen LogP contribution is -2.55. The molecular formula is C13H23N. The highest BCUT2D eigenvalue weighted by Gasteiger charge is 2.49. The van der Waals surface area contributed by atoms with Gasteiger partial charge in [0.25, 0.3) is 0 Å². The second kappa shape index (κ2) is 3.23. The highest BCUT2D eigenvalue weighted by atomic mass is 15.0. The molecule has 3 aliphatic rings. The van der Waals surface area contributed by atoms with Crippen LogP contribution in [0.2, 0.25) is 0 Å². The summed E-state index contributed by atoms with van der Waals surface area (Å²) in [5, 5.41) is 3.90. The maximum absolute atomic E-state index is 3.90. The molecule has 0 aliphatic heterocycles. The minimum Gasteiger partial charge on any atom is -0.310 e. The van der Waals surface area contributed by atoms with E-state index in [-0.39, 0.29) is 0 Å². The Morgan fingerprint density at radius 3 is 2.29 bits per heavy atom. The van der Waals surface area contributed by atoms with Gasteiger partial charge in [0.2, 0.25) is 0 Å². The van der Waals surface area contributed by atoms with E-state index in [1.165, 1.54) is 51.4 Å². The monoisotopic (exact) mass is 193 g/mol. The molecule has 1 nitrogen and oxygen atoms in total. The van der Waals surface area contributed by atoms with Crippen molar-refractivity contribution in [1.82, 2.24) is 5.32 Å². The molecule has 0 aromatic heterocycles. The van der Waals surface area contributed by atoms with Crippen LogP contribution in [-0.2, 0) is 0 Å². The van der Waals surface area contributed by atoms with Crippen molar-refractivity contribution in [3.63, 3.8) is 0 Å². The van der Waals surface area contributed by atoms with Gasteiger partial charge in [-0.3, -0.25) is 0 Å². The average Bonchev–Trinajstić information content (AvgIpc) is 2.91. The first-order chi connectivity index (χ1) is 6.80. The quantitative estimate of drug-likeness (QED) is 0.710. The summed E-state index contributed by atoms with van der Waals surface area (Å²) in [4.78, 5) is 0. The van der Waals surface area contributed by atoms with Gasteiger partial charge in [-0.15, -0.1) is 0 Å².